The van der Waals surface area contributed by atoms with Crippen LogP contribution in [-0.4, -0.2) is 17.2 Å². The average molecular weight is 455 g/mol. The van der Waals surface area contributed by atoms with Gasteiger partial charge >= 0.3 is 5.97 Å². The first-order chi connectivity index (χ1) is 15.9. The van der Waals surface area contributed by atoms with E-state index in [1.165, 1.54) is 62.5 Å². The minimum Gasteiger partial charge on any atom is -0.508 e. The Labute approximate surface area is 201 Å². The standard InChI is InChI=1S/C30H46O3/c1-4-5-6-7-8-9-10-11-12-28(32)33-27-16-15-26-29-21(2)19-22-20-23(31)13-14-24(22)25(29)17-18-30(26,27)3/h13-14,20-21,25-27,29,31H,4-12,15-19H2,1-3H3. The zero-order valence-corrected chi connectivity index (χ0v) is 21.3. The minimum atomic E-state index is 0.0347. The first-order valence-corrected chi connectivity index (χ1v) is 13.9. The van der Waals surface area contributed by atoms with Crippen molar-refractivity contribution < 1.29 is 14.6 Å². The highest BCUT2D eigenvalue weighted by atomic mass is 16.5. The molecule has 1 aromatic carbocycles. The molecular weight excluding hydrogens is 408 g/mol. The lowest BCUT2D eigenvalue weighted by Gasteiger charge is -2.52. The van der Waals surface area contributed by atoms with Gasteiger partial charge in [-0.2, -0.15) is 0 Å². The smallest absolute Gasteiger partial charge is 0.306 e. The summed E-state index contributed by atoms with van der Waals surface area (Å²) in [5.74, 6) is 2.93. The molecule has 0 spiro atoms. The summed E-state index contributed by atoms with van der Waals surface area (Å²) >= 11 is 0. The fourth-order valence-electron chi connectivity index (χ4n) is 7.73. The van der Waals surface area contributed by atoms with Gasteiger partial charge in [-0.1, -0.05) is 71.8 Å². The number of fused-ring (bicyclic) bond motifs is 5. The molecule has 1 N–H and O–H groups in total. The Bertz CT molecular complexity index is 802. The van der Waals surface area contributed by atoms with Crippen LogP contribution in [0.15, 0.2) is 18.2 Å². The Balaban J connectivity index is 1.30. The predicted molar refractivity (Wildman–Crippen MR) is 134 cm³/mol. The van der Waals surface area contributed by atoms with Crippen molar-refractivity contribution in [3.63, 3.8) is 0 Å². The number of hydrogen-bond acceptors (Lipinski definition) is 3. The number of rotatable bonds is 10. The van der Waals surface area contributed by atoms with Crippen LogP contribution in [0.2, 0.25) is 0 Å². The maximum atomic E-state index is 12.7. The summed E-state index contributed by atoms with van der Waals surface area (Å²) < 4.78 is 6.17. The molecule has 3 nitrogen and oxygen atoms in total. The molecule has 3 heteroatoms. The van der Waals surface area contributed by atoms with Gasteiger partial charge in [0.25, 0.3) is 0 Å². The number of ether oxygens (including phenoxy) is 1. The van der Waals surface area contributed by atoms with E-state index < -0.39 is 0 Å². The fourth-order valence-corrected chi connectivity index (χ4v) is 7.73. The largest absolute Gasteiger partial charge is 0.508 e. The van der Waals surface area contributed by atoms with Gasteiger partial charge in [-0.05, 0) is 85.5 Å². The third-order valence-corrected chi connectivity index (χ3v) is 9.48. The molecule has 0 saturated heterocycles. The predicted octanol–water partition coefficient (Wildman–Crippen LogP) is 7.94. The van der Waals surface area contributed by atoms with Crippen LogP contribution in [0.1, 0.15) is 121 Å². The number of phenolic OH excluding ortho intramolecular Hbond substituents is 1. The molecule has 2 fully saturated rings. The number of carbonyl (C=O) groups is 1. The number of carbonyl (C=O) groups excluding carboxylic acids is 1. The highest BCUT2D eigenvalue weighted by Gasteiger charge is 2.57. The molecule has 6 atom stereocenters. The van der Waals surface area contributed by atoms with Crippen molar-refractivity contribution in [1.82, 2.24) is 0 Å². The van der Waals surface area contributed by atoms with E-state index in [9.17, 15) is 9.90 Å². The van der Waals surface area contributed by atoms with Crippen LogP contribution in [-0.2, 0) is 16.0 Å². The fraction of sp³-hybridized carbons (Fsp3) is 0.767. The second-order valence-corrected chi connectivity index (χ2v) is 11.7. The van der Waals surface area contributed by atoms with Gasteiger partial charge in [-0.25, -0.2) is 0 Å². The summed E-state index contributed by atoms with van der Waals surface area (Å²) in [6.45, 7) is 7.07. The summed E-state index contributed by atoms with van der Waals surface area (Å²) in [4.78, 5) is 12.7. The Hall–Kier alpha value is -1.51. The van der Waals surface area contributed by atoms with E-state index in [0.717, 1.165) is 32.1 Å². The molecule has 3 aliphatic carbocycles. The zero-order valence-electron chi connectivity index (χ0n) is 21.3. The van der Waals surface area contributed by atoms with Crippen LogP contribution in [0.4, 0.5) is 0 Å². The van der Waals surface area contributed by atoms with Crippen LogP contribution < -0.4 is 0 Å². The van der Waals surface area contributed by atoms with Crippen molar-refractivity contribution in [2.24, 2.45) is 23.2 Å². The van der Waals surface area contributed by atoms with E-state index in [0.29, 0.717) is 35.8 Å². The second kappa shape index (κ2) is 10.8. The first-order valence-electron chi connectivity index (χ1n) is 13.9. The van der Waals surface area contributed by atoms with E-state index in [2.05, 4.69) is 26.8 Å². The van der Waals surface area contributed by atoms with Crippen LogP contribution in [0, 0.1) is 23.2 Å². The molecule has 184 valence electrons. The van der Waals surface area contributed by atoms with Gasteiger partial charge in [0.1, 0.15) is 11.9 Å². The molecule has 0 radical (unpaired) electrons. The number of unbranched alkanes of at least 4 members (excludes halogenated alkanes) is 7. The lowest BCUT2D eigenvalue weighted by atomic mass is 9.53. The molecule has 3 aliphatic rings. The van der Waals surface area contributed by atoms with Crippen molar-refractivity contribution >= 4 is 5.97 Å². The highest BCUT2D eigenvalue weighted by Crippen LogP contribution is 2.62. The van der Waals surface area contributed by atoms with Crippen LogP contribution in [0.5, 0.6) is 5.75 Å². The molecule has 6 unspecified atom stereocenters. The number of phenols is 1. The van der Waals surface area contributed by atoms with Crippen molar-refractivity contribution in [3.8, 4) is 5.75 Å². The topological polar surface area (TPSA) is 46.5 Å². The second-order valence-electron chi connectivity index (χ2n) is 11.7. The molecule has 33 heavy (non-hydrogen) atoms. The lowest BCUT2D eigenvalue weighted by Crippen LogP contribution is -2.47. The Morgan fingerprint density at radius 3 is 2.55 bits per heavy atom. The molecule has 0 heterocycles. The lowest BCUT2D eigenvalue weighted by molar-refractivity contribution is -0.158. The first kappa shape index (κ1) is 24.6. The van der Waals surface area contributed by atoms with E-state index in [4.69, 9.17) is 4.74 Å². The van der Waals surface area contributed by atoms with Crippen molar-refractivity contribution in [3.05, 3.63) is 29.3 Å². The van der Waals surface area contributed by atoms with Crippen LogP contribution in [0.25, 0.3) is 0 Å². The summed E-state index contributed by atoms with van der Waals surface area (Å²) in [5, 5.41) is 9.97. The van der Waals surface area contributed by atoms with Gasteiger partial charge in [-0.3, -0.25) is 4.79 Å². The van der Waals surface area contributed by atoms with Crippen LogP contribution >= 0.6 is 0 Å². The van der Waals surface area contributed by atoms with Crippen molar-refractivity contribution in [2.75, 3.05) is 0 Å². The summed E-state index contributed by atoms with van der Waals surface area (Å²) in [7, 11) is 0. The Morgan fingerprint density at radius 2 is 1.79 bits per heavy atom. The summed E-state index contributed by atoms with van der Waals surface area (Å²) in [6.07, 6.45) is 16.3. The Morgan fingerprint density at radius 1 is 1.06 bits per heavy atom. The molecule has 0 amide bonds. The normalized spacial score (nSPS) is 32.6. The van der Waals surface area contributed by atoms with Gasteiger partial charge in [0.2, 0.25) is 0 Å². The molecular formula is C30H46O3. The molecule has 0 aromatic heterocycles. The minimum absolute atomic E-state index is 0.0347. The van der Waals surface area contributed by atoms with E-state index in [1.54, 1.807) is 0 Å². The average Bonchev–Trinajstić information content (AvgIpc) is 3.11. The van der Waals surface area contributed by atoms with Gasteiger partial charge < -0.3 is 9.84 Å². The monoisotopic (exact) mass is 454 g/mol. The van der Waals surface area contributed by atoms with Crippen molar-refractivity contribution in [1.29, 1.82) is 0 Å². The third kappa shape index (κ3) is 5.28. The maximum Gasteiger partial charge on any atom is 0.306 e. The third-order valence-electron chi connectivity index (χ3n) is 9.48. The van der Waals surface area contributed by atoms with Gasteiger partial charge in [0, 0.05) is 11.8 Å². The van der Waals surface area contributed by atoms with E-state index in [-0.39, 0.29) is 17.5 Å². The maximum absolute atomic E-state index is 12.7. The molecule has 0 aliphatic heterocycles. The summed E-state index contributed by atoms with van der Waals surface area (Å²) in [5.41, 5.74) is 2.94. The number of esters is 1. The molecule has 4 rings (SSSR count). The van der Waals surface area contributed by atoms with Crippen LogP contribution in [0.3, 0.4) is 0 Å². The molecule has 1 aromatic rings. The number of aromatic hydroxyl groups is 1. The van der Waals surface area contributed by atoms with Gasteiger partial charge in [0.15, 0.2) is 0 Å². The molecule has 0 bridgehead atoms. The van der Waals surface area contributed by atoms with Gasteiger partial charge in [-0.15, -0.1) is 0 Å². The number of hydrogen-bond donors (Lipinski definition) is 1. The van der Waals surface area contributed by atoms with E-state index in [1.807, 2.05) is 12.1 Å². The molecule has 2 saturated carbocycles. The SMILES string of the molecule is CCCCCCCCCCC(=O)OC1CCC2C3C(C)Cc4cc(O)ccc4C3CCC12C. The quantitative estimate of drug-likeness (QED) is 0.288. The van der Waals surface area contributed by atoms with Crippen molar-refractivity contribution in [2.45, 2.75) is 123 Å². The van der Waals surface area contributed by atoms with E-state index >= 15 is 0 Å². The zero-order chi connectivity index (χ0) is 23.4. The summed E-state index contributed by atoms with van der Waals surface area (Å²) in [6, 6.07) is 6.03. The highest BCUT2D eigenvalue weighted by molar-refractivity contribution is 5.69. The number of benzene rings is 1. The van der Waals surface area contributed by atoms with Gasteiger partial charge in [0.05, 0.1) is 0 Å². The Kier molecular flexibility index (Phi) is 8.07.